The highest BCUT2D eigenvalue weighted by Gasteiger charge is 2.20. The Morgan fingerprint density at radius 1 is 1.53 bits per heavy atom. The number of nitrogens with one attached hydrogen (secondary N) is 1. The predicted octanol–water partition coefficient (Wildman–Crippen LogP) is 2.61. The van der Waals surface area contributed by atoms with Crippen LogP contribution < -0.4 is 10.1 Å². The number of hydrogen-bond acceptors (Lipinski definition) is 2. The molecule has 0 amide bonds. The van der Waals surface area contributed by atoms with Gasteiger partial charge in [-0.2, -0.15) is 0 Å². The maximum Gasteiger partial charge on any atom is 0.123 e. The van der Waals surface area contributed by atoms with Crippen LogP contribution in [0.3, 0.4) is 0 Å². The summed E-state index contributed by atoms with van der Waals surface area (Å²) in [5.74, 6) is 1.63. The molecule has 1 unspecified atom stereocenters. The molecule has 82 valence electrons. The first-order valence-electron chi connectivity index (χ1n) is 5.42. The molecule has 1 heterocycles. The van der Waals surface area contributed by atoms with Gasteiger partial charge in [0.05, 0.1) is 6.61 Å². The van der Waals surface area contributed by atoms with E-state index in [0.29, 0.717) is 5.92 Å². The maximum absolute atomic E-state index is 5.74. The summed E-state index contributed by atoms with van der Waals surface area (Å²) in [6, 6.07) is 6.15. The zero-order valence-electron chi connectivity index (χ0n) is 8.92. The summed E-state index contributed by atoms with van der Waals surface area (Å²) in [5.41, 5.74) is 1.31. The van der Waals surface area contributed by atoms with Crippen LogP contribution in [0.25, 0.3) is 0 Å². The second-order valence-electron chi connectivity index (χ2n) is 3.91. The first-order valence-corrected chi connectivity index (χ1v) is 6.21. The molecule has 0 radical (unpaired) electrons. The van der Waals surface area contributed by atoms with Gasteiger partial charge in [0.2, 0.25) is 0 Å². The average Bonchev–Trinajstić information content (AvgIpc) is 2.27. The summed E-state index contributed by atoms with van der Waals surface area (Å²) in [6.07, 6.45) is 1.10. The molecule has 15 heavy (non-hydrogen) atoms. The fraction of sp³-hybridized carbons (Fsp3) is 0.500. The van der Waals surface area contributed by atoms with Gasteiger partial charge < -0.3 is 10.1 Å². The van der Waals surface area contributed by atoms with Crippen molar-refractivity contribution in [3.63, 3.8) is 0 Å². The lowest BCUT2D eigenvalue weighted by atomic mass is 9.97. The Balaban J connectivity index is 2.08. The van der Waals surface area contributed by atoms with Crippen LogP contribution in [0.5, 0.6) is 5.75 Å². The van der Waals surface area contributed by atoms with Crippen LogP contribution in [-0.4, -0.2) is 19.7 Å². The Hall–Kier alpha value is -0.540. The second kappa shape index (κ2) is 4.99. The number of ether oxygens (including phenoxy) is 1. The third-order valence-electron chi connectivity index (χ3n) is 2.73. The zero-order valence-corrected chi connectivity index (χ0v) is 10.5. The van der Waals surface area contributed by atoms with E-state index in [1.165, 1.54) is 10.0 Å². The van der Waals surface area contributed by atoms with Gasteiger partial charge >= 0.3 is 0 Å². The number of halogens is 1. The Morgan fingerprint density at radius 2 is 2.40 bits per heavy atom. The molecule has 1 aliphatic heterocycles. The molecule has 0 bridgehead atoms. The summed E-state index contributed by atoms with van der Waals surface area (Å²) >= 11 is 3.58. The number of benzene rings is 1. The highest BCUT2D eigenvalue weighted by molar-refractivity contribution is 9.10. The standard InChI is InChI=1S/C12H16BrNO/c1-2-14-7-9-6-10-11(13)4-3-5-12(10)15-8-9/h3-5,9,14H,2,6-8H2,1H3. The molecule has 0 aromatic heterocycles. The van der Waals surface area contributed by atoms with Crippen LogP contribution in [-0.2, 0) is 6.42 Å². The summed E-state index contributed by atoms with van der Waals surface area (Å²) < 4.78 is 6.91. The van der Waals surface area contributed by atoms with Gasteiger partial charge in [0.25, 0.3) is 0 Å². The van der Waals surface area contributed by atoms with Gasteiger partial charge in [-0.1, -0.05) is 28.9 Å². The third-order valence-corrected chi connectivity index (χ3v) is 3.47. The minimum atomic E-state index is 0.594. The van der Waals surface area contributed by atoms with Gasteiger partial charge in [0.1, 0.15) is 5.75 Å². The van der Waals surface area contributed by atoms with Crippen molar-refractivity contribution in [1.29, 1.82) is 0 Å². The molecule has 1 aliphatic rings. The van der Waals surface area contributed by atoms with Crippen molar-refractivity contribution in [3.05, 3.63) is 28.2 Å². The summed E-state index contributed by atoms with van der Waals surface area (Å²) in [4.78, 5) is 0. The first-order chi connectivity index (χ1) is 7.31. The Kier molecular flexibility index (Phi) is 3.65. The first kappa shape index (κ1) is 11.0. The van der Waals surface area contributed by atoms with Crippen LogP contribution in [0.1, 0.15) is 12.5 Å². The lowest BCUT2D eigenvalue weighted by molar-refractivity contribution is 0.218. The monoisotopic (exact) mass is 269 g/mol. The van der Waals surface area contributed by atoms with Gasteiger partial charge in [-0.05, 0) is 25.1 Å². The molecule has 1 atom stereocenters. The maximum atomic E-state index is 5.74. The zero-order chi connectivity index (χ0) is 10.7. The van der Waals surface area contributed by atoms with Crippen molar-refractivity contribution in [2.75, 3.05) is 19.7 Å². The minimum absolute atomic E-state index is 0.594. The molecule has 0 saturated heterocycles. The van der Waals surface area contributed by atoms with E-state index in [9.17, 15) is 0 Å². The molecule has 2 nitrogen and oxygen atoms in total. The molecule has 1 aromatic rings. The van der Waals surface area contributed by atoms with Gasteiger partial charge in [0, 0.05) is 22.5 Å². The normalized spacial score (nSPS) is 19.5. The van der Waals surface area contributed by atoms with E-state index in [1.54, 1.807) is 0 Å². The highest BCUT2D eigenvalue weighted by atomic mass is 79.9. The van der Waals surface area contributed by atoms with Crippen LogP contribution in [0.2, 0.25) is 0 Å². The van der Waals surface area contributed by atoms with Crippen LogP contribution >= 0.6 is 15.9 Å². The molecule has 2 rings (SSSR count). The summed E-state index contributed by atoms with van der Waals surface area (Å²) in [6.45, 7) is 5.03. The van der Waals surface area contributed by atoms with Gasteiger partial charge in [-0.15, -0.1) is 0 Å². The van der Waals surface area contributed by atoms with E-state index in [1.807, 2.05) is 12.1 Å². The molecular formula is C12H16BrNO. The van der Waals surface area contributed by atoms with Crippen molar-refractivity contribution in [2.45, 2.75) is 13.3 Å². The van der Waals surface area contributed by atoms with E-state index in [4.69, 9.17) is 4.74 Å². The third kappa shape index (κ3) is 2.52. The Morgan fingerprint density at radius 3 is 3.20 bits per heavy atom. The van der Waals surface area contributed by atoms with Crippen molar-refractivity contribution >= 4 is 15.9 Å². The molecule has 1 N–H and O–H groups in total. The van der Waals surface area contributed by atoms with Crippen molar-refractivity contribution in [2.24, 2.45) is 5.92 Å². The molecule has 1 aromatic carbocycles. The molecule has 0 aliphatic carbocycles. The van der Waals surface area contributed by atoms with Gasteiger partial charge in [-0.25, -0.2) is 0 Å². The molecule has 0 saturated carbocycles. The number of rotatable bonds is 3. The predicted molar refractivity (Wildman–Crippen MR) is 65.4 cm³/mol. The van der Waals surface area contributed by atoms with Crippen LogP contribution in [0, 0.1) is 5.92 Å². The number of hydrogen-bond donors (Lipinski definition) is 1. The Bertz CT molecular complexity index is 340. The molecule has 0 spiro atoms. The average molecular weight is 270 g/mol. The van der Waals surface area contributed by atoms with E-state index >= 15 is 0 Å². The topological polar surface area (TPSA) is 21.3 Å². The van der Waals surface area contributed by atoms with Crippen LogP contribution in [0.15, 0.2) is 22.7 Å². The quantitative estimate of drug-likeness (QED) is 0.911. The van der Waals surface area contributed by atoms with Gasteiger partial charge in [0.15, 0.2) is 0 Å². The molecular weight excluding hydrogens is 254 g/mol. The summed E-state index contributed by atoms with van der Waals surface area (Å²) in [5, 5.41) is 3.37. The van der Waals surface area contributed by atoms with E-state index in [-0.39, 0.29) is 0 Å². The van der Waals surface area contributed by atoms with Gasteiger partial charge in [-0.3, -0.25) is 0 Å². The lowest BCUT2D eigenvalue weighted by Crippen LogP contribution is -2.31. The SMILES string of the molecule is CCNCC1COc2cccc(Br)c2C1. The van der Waals surface area contributed by atoms with Crippen molar-refractivity contribution in [1.82, 2.24) is 5.32 Å². The fourth-order valence-corrected chi connectivity index (χ4v) is 2.42. The largest absolute Gasteiger partial charge is 0.493 e. The van der Waals surface area contributed by atoms with Crippen LogP contribution in [0.4, 0.5) is 0 Å². The lowest BCUT2D eigenvalue weighted by Gasteiger charge is -2.26. The van der Waals surface area contributed by atoms with E-state index < -0.39 is 0 Å². The second-order valence-corrected chi connectivity index (χ2v) is 4.76. The molecule has 3 heteroatoms. The van der Waals surface area contributed by atoms with Crippen molar-refractivity contribution < 1.29 is 4.74 Å². The molecule has 0 fully saturated rings. The fourth-order valence-electron chi connectivity index (χ4n) is 1.91. The number of fused-ring (bicyclic) bond motifs is 1. The summed E-state index contributed by atoms with van der Waals surface area (Å²) in [7, 11) is 0. The minimum Gasteiger partial charge on any atom is -0.493 e. The van der Waals surface area contributed by atoms with E-state index in [0.717, 1.165) is 31.9 Å². The van der Waals surface area contributed by atoms with E-state index in [2.05, 4.69) is 34.2 Å². The highest BCUT2D eigenvalue weighted by Crippen LogP contribution is 2.32. The smallest absolute Gasteiger partial charge is 0.123 e. The van der Waals surface area contributed by atoms with Crippen molar-refractivity contribution in [3.8, 4) is 5.75 Å². The Labute approximate surface area is 99.1 Å².